The number of rotatable bonds is 5. The second-order valence-corrected chi connectivity index (χ2v) is 4.91. The lowest BCUT2D eigenvalue weighted by Crippen LogP contribution is -2.31. The summed E-state index contributed by atoms with van der Waals surface area (Å²) in [5.74, 6) is -0.0409. The molecule has 4 heteroatoms. The highest BCUT2D eigenvalue weighted by Gasteiger charge is 2.41. The average molecular weight is 233 g/mol. The SMILES string of the molecule is Cc1ccc(C(=O)NCC2(CCN)CC2)cn1. The molecular formula is C13H19N3O. The molecule has 0 spiro atoms. The first-order valence-corrected chi connectivity index (χ1v) is 6.06. The summed E-state index contributed by atoms with van der Waals surface area (Å²) in [7, 11) is 0. The Morgan fingerprint density at radius 2 is 2.29 bits per heavy atom. The number of pyridine rings is 1. The maximum atomic E-state index is 11.9. The molecule has 0 atom stereocenters. The van der Waals surface area contributed by atoms with Crippen molar-refractivity contribution in [3.8, 4) is 0 Å². The van der Waals surface area contributed by atoms with Crippen LogP contribution in [0.25, 0.3) is 0 Å². The van der Waals surface area contributed by atoms with Crippen LogP contribution in [0, 0.1) is 12.3 Å². The molecule has 92 valence electrons. The van der Waals surface area contributed by atoms with E-state index < -0.39 is 0 Å². The van der Waals surface area contributed by atoms with Crippen molar-refractivity contribution in [1.29, 1.82) is 0 Å². The summed E-state index contributed by atoms with van der Waals surface area (Å²) in [6.07, 6.45) is 4.97. The Balaban J connectivity index is 1.87. The van der Waals surface area contributed by atoms with Gasteiger partial charge in [0.1, 0.15) is 0 Å². The Bertz CT molecular complexity index is 396. The largest absolute Gasteiger partial charge is 0.351 e. The number of aromatic nitrogens is 1. The Kier molecular flexibility index (Phi) is 3.43. The number of nitrogens with one attached hydrogen (secondary N) is 1. The van der Waals surface area contributed by atoms with Crippen LogP contribution < -0.4 is 11.1 Å². The fourth-order valence-corrected chi connectivity index (χ4v) is 1.97. The van der Waals surface area contributed by atoms with E-state index in [-0.39, 0.29) is 11.3 Å². The second-order valence-electron chi connectivity index (χ2n) is 4.91. The lowest BCUT2D eigenvalue weighted by atomic mass is 10.0. The molecule has 4 nitrogen and oxygen atoms in total. The molecule has 17 heavy (non-hydrogen) atoms. The van der Waals surface area contributed by atoms with E-state index in [1.807, 2.05) is 13.0 Å². The molecule has 1 aromatic heterocycles. The van der Waals surface area contributed by atoms with Crippen molar-refractivity contribution >= 4 is 5.91 Å². The lowest BCUT2D eigenvalue weighted by molar-refractivity contribution is 0.0943. The molecule has 1 fully saturated rings. The van der Waals surface area contributed by atoms with Crippen LogP contribution in [0.5, 0.6) is 0 Å². The Labute approximate surface area is 102 Å². The lowest BCUT2D eigenvalue weighted by Gasteiger charge is -2.14. The number of hydrogen-bond donors (Lipinski definition) is 2. The smallest absolute Gasteiger partial charge is 0.252 e. The third kappa shape index (κ3) is 3.03. The Morgan fingerprint density at radius 1 is 1.53 bits per heavy atom. The molecule has 0 saturated heterocycles. The summed E-state index contributed by atoms with van der Waals surface area (Å²) in [5, 5.41) is 2.97. The van der Waals surface area contributed by atoms with Crippen LogP contribution in [0.2, 0.25) is 0 Å². The standard InChI is InChI=1S/C13H19N3O/c1-10-2-3-11(8-15-10)12(17)16-9-13(4-5-13)6-7-14/h2-3,8H,4-7,9,14H2,1H3,(H,16,17). The topological polar surface area (TPSA) is 68.0 Å². The minimum Gasteiger partial charge on any atom is -0.351 e. The van der Waals surface area contributed by atoms with Gasteiger partial charge in [0.15, 0.2) is 0 Å². The van der Waals surface area contributed by atoms with E-state index in [1.165, 1.54) is 12.8 Å². The molecule has 0 bridgehead atoms. The fourth-order valence-electron chi connectivity index (χ4n) is 1.97. The zero-order chi connectivity index (χ0) is 12.3. The molecule has 2 rings (SSSR count). The Hall–Kier alpha value is -1.42. The van der Waals surface area contributed by atoms with Gasteiger partial charge >= 0.3 is 0 Å². The Morgan fingerprint density at radius 3 is 2.82 bits per heavy atom. The van der Waals surface area contributed by atoms with E-state index >= 15 is 0 Å². The van der Waals surface area contributed by atoms with Crippen LogP contribution in [-0.2, 0) is 0 Å². The van der Waals surface area contributed by atoms with Gasteiger partial charge in [-0.1, -0.05) is 0 Å². The van der Waals surface area contributed by atoms with E-state index in [0.717, 1.165) is 18.7 Å². The molecule has 1 aliphatic carbocycles. The van der Waals surface area contributed by atoms with Crippen molar-refractivity contribution in [2.24, 2.45) is 11.1 Å². The summed E-state index contributed by atoms with van der Waals surface area (Å²) in [6, 6.07) is 3.65. The van der Waals surface area contributed by atoms with Crippen molar-refractivity contribution in [1.82, 2.24) is 10.3 Å². The van der Waals surface area contributed by atoms with Crippen LogP contribution >= 0.6 is 0 Å². The van der Waals surface area contributed by atoms with Gasteiger partial charge in [-0.2, -0.15) is 0 Å². The summed E-state index contributed by atoms with van der Waals surface area (Å²) in [6.45, 7) is 3.33. The number of carbonyl (C=O) groups excluding carboxylic acids is 1. The van der Waals surface area contributed by atoms with Crippen LogP contribution in [0.3, 0.4) is 0 Å². The van der Waals surface area contributed by atoms with E-state index in [4.69, 9.17) is 5.73 Å². The van der Waals surface area contributed by atoms with E-state index in [1.54, 1.807) is 12.3 Å². The molecule has 1 amide bonds. The normalized spacial score (nSPS) is 16.6. The van der Waals surface area contributed by atoms with Gasteiger partial charge in [-0.15, -0.1) is 0 Å². The molecule has 0 radical (unpaired) electrons. The highest BCUT2D eigenvalue weighted by molar-refractivity contribution is 5.93. The minimum absolute atomic E-state index is 0.0409. The van der Waals surface area contributed by atoms with Crippen molar-refractivity contribution < 1.29 is 4.79 Å². The van der Waals surface area contributed by atoms with Crippen LogP contribution in [0.15, 0.2) is 18.3 Å². The van der Waals surface area contributed by atoms with Gasteiger partial charge in [0.2, 0.25) is 0 Å². The highest BCUT2D eigenvalue weighted by Crippen LogP contribution is 2.47. The third-order valence-electron chi connectivity index (χ3n) is 3.43. The summed E-state index contributed by atoms with van der Waals surface area (Å²) < 4.78 is 0. The number of amides is 1. The van der Waals surface area contributed by atoms with Crippen LogP contribution in [0.1, 0.15) is 35.3 Å². The number of carbonyl (C=O) groups is 1. The number of nitrogens with zero attached hydrogens (tertiary/aromatic N) is 1. The zero-order valence-electron chi connectivity index (χ0n) is 10.2. The predicted octanol–water partition coefficient (Wildman–Crippen LogP) is 1.25. The molecule has 1 heterocycles. The third-order valence-corrected chi connectivity index (χ3v) is 3.43. The van der Waals surface area contributed by atoms with Crippen LogP contribution in [-0.4, -0.2) is 24.0 Å². The minimum atomic E-state index is -0.0409. The number of nitrogens with two attached hydrogens (primary N) is 1. The predicted molar refractivity (Wildman–Crippen MR) is 66.6 cm³/mol. The van der Waals surface area contributed by atoms with Crippen LogP contribution in [0.4, 0.5) is 0 Å². The summed E-state index contributed by atoms with van der Waals surface area (Å²) in [5.41, 5.74) is 7.39. The van der Waals surface area contributed by atoms with Crippen molar-refractivity contribution in [2.75, 3.05) is 13.1 Å². The average Bonchev–Trinajstić information content (AvgIpc) is 3.08. The van der Waals surface area contributed by atoms with Gasteiger partial charge in [-0.05, 0) is 50.3 Å². The molecule has 0 aromatic carbocycles. The van der Waals surface area contributed by atoms with Gasteiger partial charge in [-0.3, -0.25) is 9.78 Å². The number of hydrogen-bond acceptors (Lipinski definition) is 3. The molecule has 0 unspecified atom stereocenters. The van der Waals surface area contributed by atoms with Gasteiger partial charge in [0.25, 0.3) is 5.91 Å². The van der Waals surface area contributed by atoms with Gasteiger partial charge in [0, 0.05) is 18.4 Å². The summed E-state index contributed by atoms with van der Waals surface area (Å²) in [4.78, 5) is 16.0. The monoisotopic (exact) mass is 233 g/mol. The van der Waals surface area contributed by atoms with Crippen molar-refractivity contribution in [2.45, 2.75) is 26.2 Å². The molecular weight excluding hydrogens is 214 g/mol. The maximum Gasteiger partial charge on any atom is 0.252 e. The van der Waals surface area contributed by atoms with Gasteiger partial charge in [0.05, 0.1) is 5.56 Å². The van der Waals surface area contributed by atoms with Crippen molar-refractivity contribution in [3.63, 3.8) is 0 Å². The van der Waals surface area contributed by atoms with Gasteiger partial charge in [-0.25, -0.2) is 0 Å². The van der Waals surface area contributed by atoms with E-state index in [9.17, 15) is 4.79 Å². The molecule has 1 aromatic rings. The quantitative estimate of drug-likeness (QED) is 0.804. The summed E-state index contributed by atoms with van der Waals surface area (Å²) >= 11 is 0. The molecule has 1 aliphatic rings. The molecule has 1 saturated carbocycles. The second kappa shape index (κ2) is 4.84. The zero-order valence-corrected chi connectivity index (χ0v) is 10.2. The first-order valence-electron chi connectivity index (χ1n) is 6.06. The molecule has 0 aliphatic heterocycles. The van der Waals surface area contributed by atoms with E-state index in [2.05, 4.69) is 10.3 Å². The number of aryl methyl sites for hydroxylation is 1. The first kappa shape index (κ1) is 12.0. The first-order chi connectivity index (χ1) is 8.15. The maximum absolute atomic E-state index is 11.9. The molecule has 3 N–H and O–H groups in total. The highest BCUT2D eigenvalue weighted by atomic mass is 16.1. The van der Waals surface area contributed by atoms with Crippen molar-refractivity contribution in [3.05, 3.63) is 29.6 Å². The fraction of sp³-hybridized carbons (Fsp3) is 0.538. The van der Waals surface area contributed by atoms with E-state index in [0.29, 0.717) is 12.1 Å². The van der Waals surface area contributed by atoms with Gasteiger partial charge < -0.3 is 11.1 Å².